The molecule has 22 heavy (non-hydrogen) atoms. The summed E-state index contributed by atoms with van der Waals surface area (Å²) in [4.78, 5) is 12.0. The van der Waals surface area contributed by atoms with Gasteiger partial charge in [0.05, 0.1) is 10.7 Å². The fourth-order valence-corrected chi connectivity index (χ4v) is 2.52. The van der Waals surface area contributed by atoms with E-state index >= 15 is 0 Å². The van der Waals surface area contributed by atoms with E-state index in [1.165, 1.54) is 0 Å². The van der Waals surface area contributed by atoms with E-state index in [0.29, 0.717) is 23.0 Å². The van der Waals surface area contributed by atoms with Crippen molar-refractivity contribution in [2.75, 3.05) is 17.2 Å². The minimum atomic E-state index is -0.0358. The molecule has 0 saturated heterocycles. The maximum absolute atomic E-state index is 12.0. The zero-order valence-electron chi connectivity index (χ0n) is 12.5. The predicted octanol–water partition coefficient (Wildman–Crippen LogP) is 5.05. The van der Waals surface area contributed by atoms with Gasteiger partial charge in [-0.2, -0.15) is 0 Å². The molecule has 5 heteroatoms. The molecule has 1 amide bonds. The van der Waals surface area contributed by atoms with Crippen molar-refractivity contribution >= 4 is 40.5 Å². The Kier molecular flexibility index (Phi) is 5.69. The summed E-state index contributed by atoms with van der Waals surface area (Å²) in [5.74, 6) is -0.0358. The summed E-state index contributed by atoms with van der Waals surface area (Å²) in [7, 11) is 0. The van der Waals surface area contributed by atoms with Gasteiger partial charge in [0.15, 0.2) is 0 Å². The van der Waals surface area contributed by atoms with Crippen molar-refractivity contribution in [1.29, 1.82) is 0 Å². The number of hydrogen-bond acceptors (Lipinski definition) is 2. The standard InChI is InChI=1S/C17H18Cl2N2O/c1-11-4-3-5-15(12(11)2)21-17(22)8-9-20-16-7-6-13(18)10-14(16)19/h3-7,10,20H,8-9H2,1-2H3,(H,21,22). The van der Waals surface area contributed by atoms with Crippen molar-refractivity contribution in [3.63, 3.8) is 0 Å². The minimum Gasteiger partial charge on any atom is -0.383 e. The van der Waals surface area contributed by atoms with Crippen molar-refractivity contribution in [3.8, 4) is 0 Å². The number of amides is 1. The summed E-state index contributed by atoms with van der Waals surface area (Å²) in [5.41, 5.74) is 3.87. The molecule has 3 nitrogen and oxygen atoms in total. The number of rotatable bonds is 5. The van der Waals surface area contributed by atoms with E-state index in [0.717, 1.165) is 22.5 Å². The fourth-order valence-electron chi connectivity index (χ4n) is 2.04. The first kappa shape index (κ1) is 16.7. The number of halogens is 2. The summed E-state index contributed by atoms with van der Waals surface area (Å²) in [6.45, 7) is 4.52. The Labute approximate surface area is 140 Å². The smallest absolute Gasteiger partial charge is 0.226 e. The lowest BCUT2D eigenvalue weighted by atomic mass is 10.1. The zero-order chi connectivity index (χ0) is 16.1. The molecule has 0 radical (unpaired) electrons. The highest BCUT2D eigenvalue weighted by molar-refractivity contribution is 6.36. The average molecular weight is 337 g/mol. The number of anilines is 2. The molecule has 0 unspecified atom stereocenters. The van der Waals surface area contributed by atoms with Crippen LogP contribution in [0.1, 0.15) is 17.5 Å². The van der Waals surface area contributed by atoms with Crippen molar-refractivity contribution in [3.05, 3.63) is 57.6 Å². The molecule has 0 aliphatic carbocycles. The van der Waals surface area contributed by atoms with Crippen LogP contribution in [0.2, 0.25) is 10.0 Å². The van der Waals surface area contributed by atoms with Gasteiger partial charge in [-0.15, -0.1) is 0 Å². The molecule has 0 bridgehead atoms. The van der Waals surface area contributed by atoms with E-state index in [1.807, 2.05) is 32.0 Å². The van der Waals surface area contributed by atoms with Gasteiger partial charge in [-0.05, 0) is 49.2 Å². The van der Waals surface area contributed by atoms with E-state index in [-0.39, 0.29) is 5.91 Å². The van der Waals surface area contributed by atoms with Crippen LogP contribution in [0.3, 0.4) is 0 Å². The Balaban J connectivity index is 1.87. The Morgan fingerprint density at radius 2 is 1.86 bits per heavy atom. The number of hydrogen-bond donors (Lipinski definition) is 2. The first-order valence-corrected chi connectivity index (χ1v) is 7.78. The molecule has 0 aliphatic rings. The van der Waals surface area contributed by atoms with Gasteiger partial charge in [0.25, 0.3) is 0 Å². The quantitative estimate of drug-likeness (QED) is 0.801. The van der Waals surface area contributed by atoms with Crippen LogP contribution >= 0.6 is 23.2 Å². The van der Waals surface area contributed by atoms with Crippen molar-refractivity contribution < 1.29 is 4.79 Å². The van der Waals surface area contributed by atoms with Gasteiger partial charge < -0.3 is 10.6 Å². The van der Waals surface area contributed by atoms with Crippen LogP contribution in [0.5, 0.6) is 0 Å². The van der Waals surface area contributed by atoms with Crippen LogP contribution < -0.4 is 10.6 Å². The van der Waals surface area contributed by atoms with Crippen molar-refractivity contribution in [2.45, 2.75) is 20.3 Å². The molecule has 0 aromatic heterocycles. The molecule has 116 valence electrons. The van der Waals surface area contributed by atoms with E-state index in [2.05, 4.69) is 10.6 Å². The third-order valence-corrected chi connectivity index (χ3v) is 4.03. The number of carbonyl (C=O) groups excluding carboxylic acids is 1. The van der Waals surface area contributed by atoms with Crippen molar-refractivity contribution in [2.24, 2.45) is 0 Å². The monoisotopic (exact) mass is 336 g/mol. The molecule has 0 spiro atoms. The van der Waals surface area contributed by atoms with E-state index in [4.69, 9.17) is 23.2 Å². The fraction of sp³-hybridized carbons (Fsp3) is 0.235. The molecule has 2 rings (SSSR count). The van der Waals surface area contributed by atoms with Crippen LogP contribution in [0.15, 0.2) is 36.4 Å². The lowest BCUT2D eigenvalue weighted by Crippen LogP contribution is -2.17. The molecule has 0 fully saturated rings. The zero-order valence-corrected chi connectivity index (χ0v) is 14.1. The summed E-state index contributed by atoms with van der Waals surface area (Å²) < 4.78 is 0. The van der Waals surface area contributed by atoms with Gasteiger partial charge in [0, 0.05) is 23.7 Å². The third kappa shape index (κ3) is 4.39. The Hall–Kier alpha value is -1.71. The first-order valence-electron chi connectivity index (χ1n) is 7.02. The van der Waals surface area contributed by atoms with Gasteiger partial charge in [-0.3, -0.25) is 4.79 Å². The number of nitrogens with one attached hydrogen (secondary N) is 2. The van der Waals surface area contributed by atoms with Crippen LogP contribution in [0.25, 0.3) is 0 Å². The van der Waals surface area contributed by atoms with Crippen LogP contribution in [0, 0.1) is 13.8 Å². The summed E-state index contributed by atoms with van der Waals surface area (Å²) >= 11 is 11.9. The SMILES string of the molecule is Cc1cccc(NC(=O)CCNc2ccc(Cl)cc2Cl)c1C. The lowest BCUT2D eigenvalue weighted by molar-refractivity contribution is -0.115. The predicted molar refractivity (Wildman–Crippen MR) is 94.1 cm³/mol. The molecule has 0 aliphatic heterocycles. The molecule has 2 aromatic carbocycles. The second kappa shape index (κ2) is 7.52. The molecular formula is C17H18Cl2N2O. The second-order valence-corrected chi connectivity index (χ2v) is 5.94. The molecule has 0 heterocycles. The van der Waals surface area contributed by atoms with Crippen molar-refractivity contribution in [1.82, 2.24) is 0 Å². The normalized spacial score (nSPS) is 10.4. The largest absolute Gasteiger partial charge is 0.383 e. The summed E-state index contributed by atoms with van der Waals surface area (Å²) in [6, 6.07) is 11.1. The Morgan fingerprint density at radius 1 is 1.09 bits per heavy atom. The first-order chi connectivity index (χ1) is 10.5. The lowest BCUT2D eigenvalue weighted by Gasteiger charge is -2.11. The average Bonchev–Trinajstić information content (AvgIpc) is 2.46. The maximum Gasteiger partial charge on any atom is 0.226 e. The maximum atomic E-state index is 12.0. The van der Waals surface area contributed by atoms with Gasteiger partial charge in [0.1, 0.15) is 0 Å². The van der Waals surface area contributed by atoms with E-state index < -0.39 is 0 Å². The highest BCUT2D eigenvalue weighted by Crippen LogP contribution is 2.25. The third-order valence-electron chi connectivity index (χ3n) is 3.48. The highest BCUT2D eigenvalue weighted by Gasteiger charge is 2.06. The number of carbonyl (C=O) groups is 1. The number of benzene rings is 2. The molecule has 2 aromatic rings. The van der Waals surface area contributed by atoms with Crippen LogP contribution in [0.4, 0.5) is 11.4 Å². The van der Waals surface area contributed by atoms with Gasteiger partial charge >= 0.3 is 0 Å². The molecule has 2 N–H and O–H groups in total. The van der Waals surface area contributed by atoms with Crippen LogP contribution in [-0.2, 0) is 4.79 Å². The summed E-state index contributed by atoms with van der Waals surface area (Å²) in [5, 5.41) is 7.19. The van der Waals surface area contributed by atoms with Gasteiger partial charge in [-0.1, -0.05) is 35.3 Å². The van der Waals surface area contributed by atoms with E-state index in [1.54, 1.807) is 18.2 Å². The summed E-state index contributed by atoms with van der Waals surface area (Å²) in [6.07, 6.45) is 0.354. The minimum absolute atomic E-state index is 0.0358. The molecule has 0 atom stereocenters. The molecular weight excluding hydrogens is 319 g/mol. The highest BCUT2D eigenvalue weighted by atomic mass is 35.5. The topological polar surface area (TPSA) is 41.1 Å². The molecule has 0 saturated carbocycles. The van der Waals surface area contributed by atoms with Crippen LogP contribution in [-0.4, -0.2) is 12.5 Å². The van der Waals surface area contributed by atoms with Gasteiger partial charge in [-0.25, -0.2) is 0 Å². The Bertz CT molecular complexity index is 686. The Morgan fingerprint density at radius 3 is 2.59 bits per heavy atom. The number of aryl methyl sites for hydroxylation is 1. The van der Waals surface area contributed by atoms with Gasteiger partial charge in [0.2, 0.25) is 5.91 Å². The van der Waals surface area contributed by atoms with E-state index in [9.17, 15) is 4.79 Å². The second-order valence-electron chi connectivity index (χ2n) is 5.10.